The first kappa shape index (κ1) is 19.6. The van der Waals surface area contributed by atoms with Crippen molar-refractivity contribution in [2.24, 2.45) is 0 Å². The molecule has 0 radical (unpaired) electrons. The second kappa shape index (κ2) is 7.29. The number of aromatic nitrogens is 2. The van der Waals surface area contributed by atoms with Gasteiger partial charge in [-0.25, -0.2) is 4.98 Å². The SMILES string of the molecule is Cc1[nH]cnc1CN(C)[C@@H]1CC[C@@]2(C)C[C@H](c3ccccc3)C[C@](C)(O2)[C@H]1O. The van der Waals surface area contributed by atoms with Gasteiger partial charge >= 0.3 is 0 Å². The first-order chi connectivity index (χ1) is 13.3. The number of hydrogen-bond acceptors (Lipinski definition) is 4. The molecule has 1 aromatic carbocycles. The number of likely N-dealkylation sites (N-methyl/N-ethyl adjacent to an activating group) is 1. The van der Waals surface area contributed by atoms with Crippen LogP contribution in [0.1, 0.15) is 62.4 Å². The highest BCUT2D eigenvalue weighted by Crippen LogP contribution is 2.50. The number of imidazole rings is 1. The van der Waals surface area contributed by atoms with E-state index in [1.165, 1.54) is 5.56 Å². The molecule has 28 heavy (non-hydrogen) atoms. The molecule has 5 nitrogen and oxygen atoms in total. The van der Waals surface area contributed by atoms with E-state index in [9.17, 15) is 5.11 Å². The minimum atomic E-state index is -0.552. The van der Waals surface area contributed by atoms with Crippen molar-refractivity contribution in [3.63, 3.8) is 0 Å². The van der Waals surface area contributed by atoms with Gasteiger partial charge in [0.05, 0.1) is 29.3 Å². The molecule has 2 aliphatic heterocycles. The van der Waals surface area contributed by atoms with Crippen LogP contribution >= 0.6 is 0 Å². The van der Waals surface area contributed by atoms with Gasteiger partial charge < -0.3 is 14.8 Å². The molecule has 0 unspecified atom stereocenters. The van der Waals surface area contributed by atoms with Gasteiger partial charge in [0, 0.05) is 18.3 Å². The molecular weight excluding hydrogens is 350 g/mol. The lowest BCUT2D eigenvalue weighted by molar-refractivity contribution is -0.216. The van der Waals surface area contributed by atoms with E-state index in [1.807, 2.05) is 6.92 Å². The van der Waals surface area contributed by atoms with E-state index in [2.05, 4.69) is 66.1 Å². The number of aliphatic hydroxyl groups is 1. The normalized spacial score (nSPS) is 35.7. The minimum Gasteiger partial charge on any atom is -0.388 e. The third-order valence-corrected chi connectivity index (χ3v) is 6.94. The van der Waals surface area contributed by atoms with Crippen molar-refractivity contribution in [2.75, 3.05) is 7.05 Å². The molecule has 0 saturated carbocycles. The van der Waals surface area contributed by atoms with Gasteiger partial charge in [-0.3, -0.25) is 4.90 Å². The molecule has 1 aromatic heterocycles. The lowest BCUT2D eigenvalue weighted by atomic mass is 9.74. The Morgan fingerprint density at radius 2 is 2.00 bits per heavy atom. The monoisotopic (exact) mass is 383 g/mol. The number of nitrogens with one attached hydrogen (secondary N) is 1. The van der Waals surface area contributed by atoms with Gasteiger partial charge in [-0.2, -0.15) is 0 Å². The summed E-state index contributed by atoms with van der Waals surface area (Å²) in [6.45, 7) is 7.11. The number of aliphatic hydroxyl groups excluding tert-OH is 1. The van der Waals surface area contributed by atoms with Gasteiger partial charge in [-0.15, -0.1) is 0 Å². The van der Waals surface area contributed by atoms with E-state index < -0.39 is 11.7 Å². The largest absolute Gasteiger partial charge is 0.388 e. The van der Waals surface area contributed by atoms with Crippen LogP contribution in [-0.4, -0.2) is 50.4 Å². The van der Waals surface area contributed by atoms with Crippen LogP contribution in [0.3, 0.4) is 0 Å². The molecule has 152 valence electrons. The molecule has 2 aromatic rings. The molecule has 5 atom stereocenters. The smallest absolute Gasteiger partial charge is 0.0982 e. The molecule has 2 fully saturated rings. The number of nitrogens with zero attached hydrogens (tertiary/aromatic N) is 2. The van der Waals surface area contributed by atoms with E-state index in [0.717, 1.165) is 43.6 Å². The van der Waals surface area contributed by atoms with Crippen molar-refractivity contribution in [3.8, 4) is 0 Å². The maximum absolute atomic E-state index is 11.5. The van der Waals surface area contributed by atoms with Gasteiger partial charge in [0.2, 0.25) is 0 Å². The van der Waals surface area contributed by atoms with Crippen LogP contribution < -0.4 is 0 Å². The van der Waals surface area contributed by atoms with Gasteiger partial charge in [0.15, 0.2) is 0 Å². The van der Waals surface area contributed by atoms with Crippen LogP contribution in [0.15, 0.2) is 36.7 Å². The first-order valence-corrected chi connectivity index (χ1v) is 10.4. The van der Waals surface area contributed by atoms with E-state index >= 15 is 0 Å². The molecule has 5 heteroatoms. The summed E-state index contributed by atoms with van der Waals surface area (Å²) in [6, 6.07) is 10.8. The summed E-state index contributed by atoms with van der Waals surface area (Å²) in [5.74, 6) is 0.414. The number of aryl methyl sites for hydroxylation is 1. The summed E-state index contributed by atoms with van der Waals surface area (Å²) < 4.78 is 6.63. The Bertz CT molecular complexity index is 807. The summed E-state index contributed by atoms with van der Waals surface area (Å²) in [7, 11) is 2.09. The average molecular weight is 384 g/mol. The van der Waals surface area contributed by atoms with Gasteiger partial charge in [-0.05, 0) is 65.0 Å². The van der Waals surface area contributed by atoms with Crippen LogP contribution in [0.4, 0.5) is 0 Å². The summed E-state index contributed by atoms with van der Waals surface area (Å²) in [6.07, 6.45) is 4.94. The highest BCUT2D eigenvalue weighted by atomic mass is 16.5. The quantitative estimate of drug-likeness (QED) is 0.843. The fourth-order valence-corrected chi connectivity index (χ4v) is 5.40. The summed E-state index contributed by atoms with van der Waals surface area (Å²) in [5.41, 5.74) is 2.73. The van der Waals surface area contributed by atoms with Crippen LogP contribution in [-0.2, 0) is 11.3 Å². The van der Waals surface area contributed by atoms with Crippen molar-refractivity contribution in [3.05, 3.63) is 53.6 Å². The van der Waals surface area contributed by atoms with Crippen LogP contribution in [0.25, 0.3) is 0 Å². The zero-order chi connectivity index (χ0) is 19.9. The molecule has 4 rings (SSSR count). The molecular formula is C23H33N3O2. The Hall–Kier alpha value is -1.69. The summed E-state index contributed by atoms with van der Waals surface area (Å²) >= 11 is 0. The Labute approximate surface area is 168 Å². The zero-order valence-electron chi connectivity index (χ0n) is 17.5. The predicted octanol–water partition coefficient (Wildman–Crippen LogP) is 3.78. The number of fused-ring (bicyclic) bond motifs is 2. The van der Waals surface area contributed by atoms with Crippen LogP contribution in [0.2, 0.25) is 0 Å². The first-order valence-electron chi connectivity index (χ1n) is 10.4. The maximum Gasteiger partial charge on any atom is 0.0982 e. The molecule has 0 spiro atoms. The van der Waals surface area contributed by atoms with Crippen molar-refractivity contribution in [1.82, 2.24) is 14.9 Å². The van der Waals surface area contributed by atoms with Crippen molar-refractivity contribution >= 4 is 0 Å². The third kappa shape index (κ3) is 3.63. The molecule has 2 aliphatic rings. The Balaban J connectivity index is 1.59. The van der Waals surface area contributed by atoms with Crippen molar-refractivity contribution in [1.29, 1.82) is 0 Å². The number of rotatable bonds is 4. The number of aromatic amines is 1. The molecule has 2 saturated heterocycles. The number of hydrogen-bond donors (Lipinski definition) is 2. The highest BCUT2D eigenvalue weighted by molar-refractivity contribution is 5.23. The topological polar surface area (TPSA) is 61.4 Å². The lowest BCUT2D eigenvalue weighted by Crippen LogP contribution is -2.57. The van der Waals surface area contributed by atoms with Gasteiger partial charge in [-0.1, -0.05) is 30.3 Å². The lowest BCUT2D eigenvalue weighted by Gasteiger charge is -2.49. The van der Waals surface area contributed by atoms with Crippen molar-refractivity contribution in [2.45, 2.75) is 82.3 Å². The third-order valence-electron chi connectivity index (χ3n) is 6.94. The van der Waals surface area contributed by atoms with E-state index in [4.69, 9.17) is 4.74 Å². The zero-order valence-corrected chi connectivity index (χ0v) is 17.5. The van der Waals surface area contributed by atoms with Gasteiger partial charge in [0.25, 0.3) is 0 Å². The second-order valence-corrected chi connectivity index (χ2v) is 9.32. The predicted molar refractivity (Wildman–Crippen MR) is 110 cm³/mol. The second-order valence-electron chi connectivity index (χ2n) is 9.32. The Kier molecular flexibility index (Phi) is 5.10. The summed E-state index contributed by atoms with van der Waals surface area (Å²) in [4.78, 5) is 9.84. The molecule has 0 amide bonds. The summed E-state index contributed by atoms with van der Waals surface area (Å²) in [5, 5.41) is 11.5. The number of benzene rings is 1. The van der Waals surface area contributed by atoms with Crippen LogP contribution in [0.5, 0.6) is 0 Å². The fourth-order valence-electron chi connectivity index (χ4n) is 5.40. The van der Waals surface area contributed by atoms with E-state index in [0.29, 0.717) is 5.92 Å². The highest BCUT2D eigenvalue weighted by Gasteiger charge is 2.53. The van der Waals surface area contributed by atoms with E-state index in [1.54, 1.807) is 6.33 Å². The molecule has 0 aliphatic carbocycles. The van der Waals surface area contributed by atoms with E-state index in [-0.39, 0.29) is 11.6 Å². The van der Waals surface area contributed by atoms with Crippen molar-refractivity contribution < 1.29 is 9.84 Å². The number of H-pyrrole nitrogens is 1. The standard InChI is InChI=1S/C23H33N3O2/c1-16-19(25-15-24-16)14-26(4)20-10-11-22(2)12-18(17-8-6-5-7-9-17)13-23(3,28-22)21(20)27/h5-9,15,18,20-21,27H,10-14H2,1-4H3,(H,24,25)/t18-,20+,21-,22-,23-/m0/s1. The Morgan fingerprint density at radius 3 is 2.68 bits per heavy atom. The average Bonchev–Trinajstić information content (AvgIpc) is 3.03. The number of ether oxygens (including phenoxy) is 1. The molecule has 3 heterocycles. The Morgan fingerprint density at radius 1 is 1.25 bits per heavy atom. The minimum absolute atomic E-state index is 0.0532. The van der Waals surface area contributed by atoms with Crippen LogP contribution in [0, 0.1) is 6.92 Å². The van der Waals surface area contributed by atoms with Gasteiger partial charge in [0.1, 0.15) is 0 Å². The molecule has 2 N–H and O–H groups in total. The maximum atomic E-state index is 11.5. The fraction of sp³-hybridized carbons (Fsp3) is 0.609. The molecule has 2 bridgehead atoms.